The predicted octanol–water partition coefficient (Wildman–Crippen LogP) is -0.526. The number of hydrogen-bond acceptors (Lipinski definition) is 4. The largest absolute Gasteiger partial charge is 0.469 e. The minimum absolute atomic E-state index is 0.123. The Hall–Kier alpha value is -0.610. The van der Waals surface area contributed by atoms with Crippen molar-refractivity contribution in [3.8, 4) is 0 Å². The predicted molar refractivity (Wildman–Crippen MR) is 41.2 cm³/mol. The lowest BCUT2D eigenvalue weighted by atomic mass is 10.4. The average molecular weight is 161 g/mol. The monoisotopic (exact) mass is 161 g/mol. The van der Waals surface area contributed by atoms with Gasteiger partial charge in [0.2, 0.25) is 0 Å². The van der Waals surface area contributed by atoms with Crippen molar-refractivity contribution in [1.82, 2.24) is 4.90 Å². The van der Waals surface area contributed by atoms with Gasteiger partial charge in [-0.3, -0.25) is 4.79 Å². The molecule has 0 rings (SSSR count). The molecule has 0 amide bonds. The van der Waals surface area contributed by atoms with Crippen LogP contribution in [0, 0.1) is 0 Å². The fraction of sp³-hybridized carbons (Fsp3) is 0.857. The van der Waals surface area contributed by atoms with E-state index in [9.17, 15) is 4.79 Å². The molecule has 0 unspecified atom stereocenters. The highest BCUT2D eigenvalue weighted by molar-refractivity contribution is 5.69. The van der Waals surface area contributed by atoms with E-state index in [0.29, 0.717) is 19.5 Å². The maximum atomic E-state index is 10.6. The molecule has 4 nitrogen and oxygen atoms in total. The van der Waals surface area contributed by atoms with Crippen LogP contribution in [0.15, 0.2) is 0 Å². The van der Waals surface area contributed by atoms with Gasteiger partial charge in [-0.1, -0.05) is 0 Å². The lowest BCUT2D eigenvalue weighted by Gasteiger charge is -2.13. The second-order valence-electron chi connectivity index (χ2n) is 2.35. The Morgan fingerprint density at radius 3 is 2.64 bits per heavy atom. The van der Waals surface area contributed by atoms with Gasteiger partial charge in [-0.2, -0.15) is 0 Å². The van der Waals surface area contributed by atoms with Crippen molar-refractivity contribution < 1.29 is 14.6 Å². The van der Waals surface area contributed by atoms with Gasteiger partial charge in [-0.15, -0.1) is 0 Å². The minimum Gasteiger partial charge on any atom is -0.469 e. The zero-order valence-corrected chi connectivity index (χ0v) is 7.04. The van der Waals surface area contributed by atoms with Crippen LogP contribution in [0.1, 0.15) is 6.42 Å². The van der Waals surface area contributed by atoms with Gasteiger partial charge in [-0.25, -0.2) is 0 Å². The first-order valence-electron chi connectivity index (χ1n) is 3.57. The highest BCUT2D eigenvalue weighted by Gasteiger charge is 2.02. The van der Waals surface area contributed by atoms with Crippen LogP contribution >= 0.6 is 0 Å². The molecular weight excluding hydrogens is 146 g/mol. The second kappa shape index (κ2) is 6.12. The number of nitrogens with zero attached hydrogens (tertiary/aromatic N) is 1. The van der Waals surface area contributed by atoms with Crippen molar-refractivity contribution in [2.45, 2.75) is 6.42 Å². The van der Waals surface area contributed by atoms with Crippen LogP contribution in [0.3, 0.4) is 0 Å². The topological polar surface area (TPSA) is 49.8 Å². The standard InChI is InChI=1S/C7H15NO3/c1-8(5-6-9)4-3-7(10)11-2/h9H,3-6H2,1-2H3. The Kier molecular flexibility index (Phi) is 5.78. The van der Waals surface area contributed by atoms with Crippen LogP contribution in [-0.2, 0) is 9.53 Å². The molecule has 4 heteroatoms. The molecule has 0 aliphatic rings. The summed E-state index contributed by atoms with van der Waals surface area (Å²) in [6, 6.07) is 0. The van der Waals surface area contributed by atoms with Crippen LogP contribution < -0.4 is 0 Å². The fourth-order valence-corrected chi connectivity index (χ4v) is 0.667. The van der Waals surface area contributed by atoms with Gasteiger partial charge in [0.25, 0.3) is 0 Å². The molecule has 0 heterocycles. The average Bonchev–Trinajstić information content (AvgIpc) is 2.01. The number of likely N-dealkylation sites (N-methyl/N-ethyl adjacent to an activating group) is 1. The zero-order chi connectivity index (χ0) is 8.69. The van der Waals surface area contributed by atoms with Gasteiger partial charge in [0.1, 0.15) is 0 Å². The molecule has 0 fully saturated rings. The van der Waals surface area contributed by atoms with E-state index >= 15 is 0 Å². The number of aliphatic hydroxyl groups excluding tert-OH is 1. The van der Waals surface area contributed by atoms with Crippen molar-refractivity contribution in [2.75, 3.05) is 33.9 Å². The van der Waals surface area contributed by atoms with Gasteiger partial charge < -0.3 is 14.7 Å². The summed E-state index contributed by atoms with van der Waals surface area (Å²) in [7, 11) is 3.22. The summed E-state index contributed by atoms with van der Waals surface area (Å²) in [5.74, 6) is -0.213. The molecule has 0 saturated carbocycles. The van der Waals surface area contributed by atoms with E-state index < -0.39 is 0 Å². The molecule has 0 atom stereocenters. The molecule has 66 valence electrons. The van der Waals surface area contributed by atoms with E-state index in [2.05, 4.69) is 4.74 Å². The molecule has 0 aromatic heterocycles. The molecule has 0 saturated heterocycles. The fourth-order valence-electron chi connectivity index (χ4n) is 0.667. The van der Waals surface area contributed by atoms with E-state index in [-0.39, 0.29) is 12.6 Å². The van der Waals surface area contributed by atoms with E-state index in [0.717, 1.165) is 0 Å². The highest BCUT2D eigenvalue weighted by atomic mass is 16.5. The van der Waals surface area contributed by atoms with Gasteiger partial charge in [0, 0.05) is 13.1 Å². The van der Waals surface area contributed by atoms with Gasteiger partial charge in [0.05, 0.1) is 20.1 Å². The van der Waals surface area contributed by atoms with Gasteiger partial charge in [0.15, 0.2) is 0 Å². The summed E-state index contributed by atoms with van der Waals surface area (Å²) >= 11 is 0. The minimum atomic E-state index is -0.213. The van der Waals surface area contributed by atoms with Crippen molar-refractivity contribution in [1.29, 1.82) is 0 Å². The number of esters is 1. The first-order chi connectivity index (χ1) is 5.20. The Bertz CT molecular complexity index is 116. The lowest BCUT2D eigenvalue weighted by molar-refractivity contribution is -0.140. The molecule has 1 N–H and O–H groups in total. The van der Waals surface area contributed by atoms with E-state index in [1.54, 1.807) is 0 Å². The molecule has 0 spiro atoms. The summed E-state index contributed by atoms with van der Waals surface area (Å²) in [6.07, 6.45) is 0.382. The summed E-state index contributed by atoms with van der Waals surface area (Å²) in [5.41, 5.74) is 0. The molecule has 0 aromatic rings. The van der Waals surface area contributed by atoms with Gasteiger partial charge in [-0.05, 0) is 7.05 Å². The summed E-state index contributed by atoms with van der Waals surface area (Å²) in [5, 5.41) is 8.50. The quantitative estimate of drug-likeness (QED) is 0.551. The summed E-state index contributed by atoms with van der Waals surface area (Å²) in [4.78, 5) is 12.5. The Morgan fingerprint density at radius 1 is 1.55 bits per heavy atom. The molecule has 0 aliphatic carbocycles. The second-order valence-corrected chi connectivity index (χ2v) is 2.35. The smallest absolute Gasteiger partial charge is 0.306 e. The van der Waals surface area contributed by atoms with Gasteiger partial charge >= 0.3 is 5.97 Å². The van der Waals surface area contributed by atoms with Crippen LogP contribution in [-0.4, -0.2) is 49.8 Å². The molecule has 11 heavy (non-hydrogen) atoms. The third-order valence-corrected chi connectivity index (χ3v) is 1.41. The summed E-state index contributed by atoms with van der Waals surface area (Å²) < 4.78 is 4.45. The molecule has 0 bridgehead atoms. The van der Waals surface area contributed by atoms with Crippen LogP contribution in [0.5, 0.6) is 0 Å². The van der Waals surface area contributed by atoms with E-state index in [1.807, 2.05) is 11.9 Å². The van der Waals surface area contributed by atoms with Crippen molar-refractivity contribution in [2.24, 2.45) is 0 Å². The third kappa shape index (κ3) is 5.82. The summed E-state index contributed by atoms with van der Waals surface area (Å²) in [6.45, 7) is 1.35. The number of carbonyl (C=O) groups excluding carboxylic acids is 1. The zero-order valence-electron chi connectivity index (χ0n) is 7.04. The number of carbonyl (C=O) groups is 1. The van der Waals surface area contributed by atoms with Crippen LogP contribution in [0.4, 0.5) is 0 Å². The Labute approximate surface area is 66.8 Å². The molecule has 0 aliphatic heterocycles. The maximum Gasteiger partial charge on any atom is 0.306 e. The number of hydrogen-bond donors (Lipinski definition) is 1. The SMILES string of the molecule is COC(=O)CCN(C)CCO. The Morgan fingerprint density at radius 2 is 2.18 bits per heavy atom. The lowest BCUT2D eigenvalue weighted by Crippen LogP contribution is -2.25. The number of rotatable bonds is 5. The van der Waals surface area contributed by atoms with E-state index in [1.165, 1.54) is 7.11 Å². The van der Waals surface area contributed by atoms with Crippen molar-refractivity contribution in [3.05, 3.63) is 0 Å². The van der Waals surface area contributed by atoms with Crippen molar-refractivity contribution in [3.63, 3.8) is 0 Å². The van der Waals surface area contributed by atoms with Crippen molar-refractivity contribution >= 4 is 5.97 Å². The highest BCUT2D eigenvalue weighted by Crippen LogP contribution is 1.88. The molecular formula is C7H15NO3. The van der Waals surface area contributed by atoms with Crippen LogP contribution in [0.2, 0.25) is 0 Å². The normalized spacial score (nSPS) is 10.2. The third-order valence-electron chi connectivity index (χ3n) is 1.41. The maximum absolute atomic E-state index is 10.6. The van der Waals surface area contributed by atoms with E-state index in [4.69, 9.17) is 5.11 Å². The first-order valence-corrected chi connectivity index (χ1v) is 3.57. The van der Waals surface area contributed by atoms with Crippen LogP contribution in [0.25, 0.3) is 0 Å². The molecule has 0 aromatic carbocycles. The number of methoxy groups -OCH3 is 1. The number of aliphatic hydroxyl groups is 1. The Balaban J connectivity index is 3.29. The molecule has 0 radical (unpaired) electrons. The first kappa shape index (κ1) is 10.4. The number of ether oxygens (including phenoxy) is 1.